The number of hydrogen-bond donors (Lipinski definition) is 1. The average molecular weight is 401 g/mol. The molecule has 0 saturated carbocycles. The second-order valence-electron chi connectivity index (χ2n) is 6.96. The summed E-state index contributed by atoms with van der Waals surface area (Å²) in [5.74, 6) is 2.92. The number of rotatable bonds is 8. The lowest BCUT2D eigenvalue weighted by atomic mass is 10.1. The van der Waals surface area contributed by atoms with Gasteiger partial charge in [-0.25, -0.2) is 0 Å². The van der Waals surface area contributed by atoms with Gasteiger partial charge in [-0.15, -0.1) is 0 Å². The van der Waals surface area contributed by atoms with Crippen LogP contribution >= 0.6 is 0 Å². The Morgan fingerprint density at radius 2 is 1.55 bits per heavy atom. The van der Waals surface area contributed by atoms with Crippen molar-refractivity contribution in [3.63, 3.8) is 0 Å². The number of methoxy groups -OCH3 is 3. The van der Waals surface area contributed by atoms with Crippen LogP contribution in [0.25, 0.3) is 0 Å². The van der Waals surface area contributed by atoms with E-state index in [0.29, 0.717) is 5.75 Å². The van der Waals surface area contributed by atoms with Crippen LogP contribution in [0.4, 0.5) is 0 Å². The molecule has 0 aromatic heterocycles. The van der Waals surface area contributed by atoms with Crippen LogP contribution in [0, 0.1) is 0 Å². The summed E-state index contributed by atoms with van der Waals surface area (Å²) in [7, 11) is 4.90. The number of piperazine rings is 1. The van der Waals surface area contributed by atoms with Crippen molar-refractivity contribution in [2.75, 3.05) is 54.1 Å². The van der Waals surface area contributed by atoms with Gasteiger partial charge < -0.3 is 28.7 Å². The number of nitrogens with zero attached hydrogens (tertiary/aromatic N) is 1. The highest BCUT2D eigenvalue weighted by Crippen LogP contribution is 2.27. The van der Waals surface area contributed by atoms with Gasteiger partial charge in [0, 0.05) is 5.56 Å². The Morgan fingerprint density at radius 3 is 2.17 bits per heavy atom. The normalized spacial score (nSPS) is 14.4. The third-order valence-electron chi connectivity index (χ3n) is 5.15. The molecule has 0 unspecified atom stereocenters. The summed E-state index contributed by atoms with van der Waals surface area (Å²) in [6.45, 7) is 4.22. The van der Waals surface area contributed by atoms with Gasteiger partial charge >= 0.3 is 0 Å². The molecule has 3 rings (SSSR count). The van der Waals surface area contributed by atoms with Crippen molar-refractivity contribution in [1.29, 1.82) is 0 Å². The van der Waals surface area contributed by atoms with E-state index < -0.39 is 0 Å². The summed E-state index contributed by atoms with van der Waals surface area (Å²) in [5.41, 5.74) is 1.19. The van der Waals surface area contributed by atoms with E-state index >= 15 is 0 Å². The van der Waals surface area contributed by atoms with E-state index in [-0.39, 0.29) is 12.5 Å². The minimum atomic E-state index is 0.0194. The molecule has 0 aliphatic carbocycles. The fourth-order valence-electron chi connectivity index (χ4n) is 3.44. The second-order valence-corrected chi connectivity index (χ2v) is 6.96. The Morgan fingerprint density at radius 1 is 0.897 bits per heavy atom. The maximum Gasteiger partial charge on any atom is 0.260 e. The zero-order valence-electron chi connectivity index (χ0n) is 17.3. The van der Waals surface area contributed by atoms with E-state index in [1.807, 2.05) is 29.2 Å². The van der Waals surface area contributed by atoms with Gasteiger partial charge in [0.1, 0.15) is 18.0 Å². The Balaban J connectivity index is 1.45. The topological polar surface area (TPSA) is 61.7 Å². The lowest BCUT2D eigenvalue weighted by molar-refractivity contribution is -0.917. The van der Waals surface area contributed by atoms with E-state index in [1.54, 1.807) is 33.5 Å². The molecule has 0 atom stereocenters. The molecule has 1 aliphatic heterocycles. The van der Waals surface area contributed by atoms with Gasteiger partial charge in [0.05, 0.1) is 47.5 Å². The standard InChI is InChI=1S/C22H28N2O5/c1-26-18-5-7-19(8-6-18)29-16-22(25)24-12-10-23(11-13-24)15-17-4-9-20(27-2)21(14-17)28-3/h4-9,14H,10-13,15-16H2,1-3H3/p+1. The minimum Gasteiger partial charge on any atom is -0.497 e. The number of benzene rings is 2. The van der Waals surface area contributed by atoms with E-state index in [9.17, 15) is 4.79 Å². The van der Waals surface area contributed by atoms with Crippen molar-refractivity contribution in [3.8, 4) is 23.0 Å². The van der Waals surface area contributed by atoms with Gasteiger partial charge in [0.15, 0.2) is 18.1 Å². The number of quaternary nitrogens is 1. The van der Waals surface area contributed by atoms with Gasteiger partial charge in [-0.2, -0.15) is 0 Å². The zero-order valence-corrected chi connectivity index (χ0v) is 17.3. The fourth-order valence-corrected chi connectivity index (χ4v) is 3.44. The summed E-state index contributed by atoms with van der Waals surface area (Å²) in [5, 5.41) is 0. The van der Waals surface area contributed by atoms with Crippen LogP contribution in [0.5, 0.6) is 23.0 Å². The van der Waals surface area contributed by atoms with Crippen molar-refractivity contribution in [2.24, 2.45) is 0 Å². The molecule has 2 aromatic rings. The van der Waals surface area contributed by atoms with E-state index in [2.05, 4.69) is 6.07 Å². The van der Waals surface area contributed by atoms with Crippen molar-refractivity contribution in [2.45, 2.75) is 6.54 Å². The number of ether oxygens (including phenoxy) is 4. The highest BCUT2D eigenvalue weighted by atomic mass is 16.5. The molecule has 7 heteroatoms. The Labute approximate surface area is 171 Å². The number of nitrogens with one attached hydrogen (secondary N) is 1. The summed E-state index contributed by atoms with van der Waals surface area (Å²) in [6.07, 6.45) is 0. The monoisotopic (exact) mass is 401 g/mol. The van der Waals surface area contributed by atoms with E-state index in [0.717, 1.165) is 50.0 Å². The number of hydrogen-bond acceptors (Lipinski definition) is 5. The second kappa shape index (κ2) is 10.0. The largest absolute Gasteiger partial charge is 0.497 e. The lowest BCUT2D eigenvalue weighted by Crippen LogP contribution is -3.13. The fraction of sp³-hybridized carbons (Fsp3) is 0.409. The maximum absolute atomic E-state index is 12.5. The quantitative estimate of drug-likeness (QED) is 0.716. The third kappa shape index (κ3) is 5.54. The summed E-state index contributed by atoms with van der Waals surface area (Å²) in [6, 6.07) is 13.3. The van der Waals surface area contributed by atoms with Crippen LogP contribution in [0.3, 0.4) is 0 Å². The Bertz CT molecular complexity index is 801. The first-order chi connectivity index (χ1) is 14.1. The molecule has 1 aliphatic rings. The average Bonchev–Trinajstić information content (AvgIpc) is 2.78. The maximum atomic E-state index is 12.5. The van der Waals surface area contributed by atoms with E-state index in [4.69, 9.17) is 18.9 Å². The Hall–Kier alpha value is -2.93. The Kier molecular flexibility index (Phi) is 7.19. The molecule has 2 aromatic carbocycles. The van der Waals surface area contributed by atoms with Gasteiger partial charge in [-0.1, -0.05) is 0 Å². The summed E-state index contributed by atoms with van der Waals surface area (Å²) < 4.78 is 21.4. The molecule has 1 saturated heterocycles. The van der Waals surface area contributed by atoms with Gasteiger partial charge in [-0.3, -0.25) is 4.79 Å². The smallest absolute Gasteiger partial charge is 0.260 e. The molecular formula is C22H29N2O5+. The van der Waals surface area contributed by atoms with Crippen LogP contribution in [0.2, 0.25) is 0 Å². The van der Waals surface area contributed by atoms with Crippen molar-refractivity contribution in [1.82, 2.24) is 4.90 Å². The molecule has 1 amide bonds. The number of carbonyl (C=O) groups excluding carboxylic acids is 1. The molecule has 0 radical (unpaired) electrons. The molecule has 7 nitrogen and oxygen atoms in total. The summed E-state index contributed by atoms with van der Waals surface area (Å²) >= 11 is 0. The van der Waals surface area contributed by atoms with E-state index in [1.165, 1.54) is 10.5 Å². The molecule has 0 bridgehead atoms. The van der Waals surface area contributed by atoms with Crippen LogP contribution in [0.15, 0.2) is 42.5 Å². The molecule has 29 heavy (non-hydrogen) atoms. The molecule has 1 fully saturated rings. The third-order valence-corrected chi connectivity index (χ3v) is 5.15. The predicted octanol–water partition coefficient (Wildman–Crippen LogP) is 1.02. The van der Waals surface area contributed by atoms with Crippen LogP contribution in [-0.4, -0.2) is 64.9 Å². The predicted molar refractivity (Wildman–Crippen MR) is 109 cm³/mol. The van der Waals surface area contributed by atoms with Gasteiger partial charge in [0.2, 0.25) is 0 Å². The highest BCUT2D eigenvalue weighted by Gasteiger charge is 2.24. The first-order valence-electron chi connectivity index (χ1n) is 9.72. The molecule has 1 heterocycles. The molecule has 0 spiro atoms. The zero-order chi connectivity index (χ0) is 20.6. The minimum absolute atomic E-state index is 0.0194. The molecular weight excluding hydrogens is 372 g/mol. The first kappa shape index (κ1) is 20.8. The number of carbonyl (C=O) groups is 1. The highest BCUT2D eigenvalue weighted by molar-refractivity contribution is 5.77. The molecule has 156 valence electrons. The van der Waals surface area contributed by atoms with Crippen molar-refractivity contribution in [3.05, 3.63) is 48.0 Å². The van der Waals surface area contributed by atoms with Crippen LogP contribution < -0.4 is 23.8 Å². The van der Waals surface area contributed by atoms with Crippen LogP contribution in [0.1, 0.15) is 5.56 Å². The van der Waals surface area contributed by atoms with Crippen LogP contribution in [-0.2, 0) is 11.3 Å². The number of amides is 1. The first-order valence-corrected chi connectivity index (χ1v) is 9.72. The van der Waals surface area contributed by atoms with Crippen molar-refractivity contribution < 1.29 is 28.6 Å². The van der Waals surface area contributed by atoms with Gasteiger partial charge in [0.25, 0.3) is 5.91 Å². The van der Waals surface area contributed by atoms with Crippen molar-refractivity contribution >= 4 is 5.91 Å². The molecule has 1 N–H and O–H groups in total. The SMILES string of the molecule is COc1ccc(OCC(=O)N2CC[NH+](Cc3ccc(OC)c(OC)c3)CC2)cc1. The summed E-state index contributed by atoms with van der Waals surface area (Å²) in [4.78, 5) is 15.8. The van der Waals surface area contributed by atoms with Gasteiger partial charge in [-0.05, 0) is 42.5 Å². The lowest BCUT2D eigenvalue weighted by Gasteiger charge is -2.32.